The number of benzene rings is 3. The lowest BCUT2D eigenvalue weighted by molar-refractivity contribution is -0.00702. The van der Waals surface area contributed by atoms with Crippen molar-refractivity contribution in [3.63, 3.8) is 0 Å². The van der Waals surface area contributed by atoms with Gasteiger partial charge in [-0.15, -0.1) is 0 Å². The van der Waals surface area contributed by atoms with E-state index < -0.39 is 5.60 Å². The minimum absolute atomic E-state index is 0.305. The van der Waals surface area contributed by atoms with E-state index in [0.29, 0.717) is 78.2 Å². The second kappa shape index (κ2) is 26.5. The predicted molar refractivity (Wildman–Crippen MR) is 245 cm³/mol. The summed E-state index contributed by atoms with van der Waals surface area (Å²) >= 11 is 0. The molecule has 0 bridgehead atoms. The van der Waals surface area contributed by atoms with E-state index in [1.165, 1.54) is 52.7 Å². The number of ether oxygens (including phenoxy) is 7. The molecule has 4 rings (SSSR count). The van der Waals surface area contributed by atoms with Gasteiger partial charge in [0.05, 0.1) is 58.4 Å². The van der Waals surface area contributed by atoms with Gasteiger partial charge in [0.2, 0.25) is 0 Å². The molecule has 0 radical (unpaired) electrons. The highest BCUT2D eigenvalue weighted by Crippen LogP contribution is 2.50. The van der Waals surface area contributed by atoms with E-state index in [1.54, 1.807) is 0 Å². The van der Waals surface area contributed by atoms with Gasteiger partial charge < -0.3 is 38.3 Å². The van der Waals surface area contributed by atoms with Gasteiger partial charge in [-0.05, 0) is 127 Å². The topological polar surface area (TPSA) is 84.8 Å². The van der Waals surface area contributed by atoms with E-state index in [-0.39, 0.29) is 0 Å². The lowest BCUT2D eigenvalue weighted by Gasteiger charge is -2.36. The number of hydrogen-bond donors (Lipinski definition) is 1. The van der Waals surface area contributed by atoms with Crippen LogP contribution < -0.4 is 14.2 Å². The number of allylic oxidation sites excluding steroid dienone is 4. The van der Waals surface area contributed by atoms with Gasteiger partial charge in [-0.2, -0.15) is 0 Å². The van der Waals surface area contributed by atoms with E-state index in [2.05, 4.69) is 104 Å². The summed E-state index contributed by atoms with van der Waals surface area (Å²) in [7, 11) is 0. The number of phenols is 1. The molecule has 0 saturated heterocycles. The van der Waals surface area contributed by atoms with Crippen LogP contribution >= 0.6 is 0 Å². The van der Waals surface area contributed by atoms with E-state index >= 15 is 0 Å². The number of fused-ring (bicyclic) bond motifs is 3. The van der Waals surface area contributed by atoms with Crippen LogP contribution in [0, 0.1) is 6.92 Å². The molecule has 0 unspecified atom stereocenters. The number of aromatic hydroxyl groups is 1. The average molecular weight is 829 g/mol. The summed E-state index contributed by atoms with van der Waals surface area (Å²) < 4.78 is 42.3. The Kier molecular flexibility index (Phi) is 21.6. The summed E-state index contributed by atoms with van der Waals surface area (Å²) in [4.78, 5) is 0. The Hall–Kier alpha value is -3.82. The number of aryl methyl sites for hydroxylation is 3. The van der Waals surface area contributed by atoms with E-state index in [9.17, 15) is 5.11 Å². The maximum Gasteiger partial charge on any atom is 0.132 e. The first-order chi connectivity index (χ1) is 29.0. The van der Waals surface area contributed by atoms with E-state index in [4.69, 9.17) is 33.2 Å². The number of unbranched alkanes of at least 4 members (excludes halogenated alkanes) is 4. The Morgan fingerprint density at radius 3 is 1.80 bits per heavy atom. The lowest BCUT2D eigenvalue weighted by Crippen LogP contribution is -2.29. The van der Waals surface area contributed by atoms with Crippen molar-refractivity contribution in [3.8, 4) is 34.1 Å². The maximum absolute atomic E-state index is 11.0. The first-order valence-corrected chi connectivity index (χ1v) is 22.7. The molecule has 0 aromatic heterocycles. The molecule has 1 aliphatic rings. The van der Waals surface area contributed by atoms with Crippen molar-refractivity contribution in [3.05, 3.63) is 93.6 Å². The minimum Gasteiger partial charge on any atom is -0.508 e. The molecule has 8 nitrogen and oxygen atoms in total. The fourth-order valence-electron chi connectivity index (χ4n) is 7.44. The van der Waals surface area contributed by atoms with Gasteiger partial charge in [0.15, 0.2) is 0 Å². The van der Waals surface area contributed by atoms with Crippen molar-refractivity contribution in [1.29, 1.82) is 0 Å². The first-order valence-electron chi connectivity index (χ1n) is 22.7. The largest absolute Gasteiger partial charge is 0.508 e. The highest BCUT2D eigenvalue weighted by molar-refractivity contribution is 5.82. The minimum atomic E-state index is -0.422. The Labute approximate surface area is 362 Å². The van der Waals surface area contributed by atoms with Crippen molar-refractivity contribution >= 4 is 0 Å². The zero-order valence-electron chi connectivity index (χ0n) is 38.4. The van der Waals surface area contributed by atoms with E-state index in [1.807, 2.05) is 6.07 Å². The van der Waals surface area contributed by atoms with Gasteiger partial charge >= 0.3 is 0 Å². The van der Waals surface area contributed by atoms with Crippen molar-refractivity contribution < 1.29 is 38.3 Å². The third kappa shape index (κ3) is 16.6. The number of hydrogen-bond acceptors (Lipinski definition) is 8. The lowest BCUT2D eigenvalue weighted by atomic mass is 9.84. The zero-order valence-corrected chi connectivity index (χ0v) is 38.4. The third-order valence-electron chi connectivity index (χ3n) is 10.8. The predicted octanol–water partition coefficient (Wildman–Crippen LogP) is 12.2. The molecule has 332 valence electrons. The summed E-state index contributed by atoms with van der Waals surface area (Å²) in [5.74, 6) is 2.79. The van der Waals surface area contributed by atoms with Gasteiger partial charge in [0.25, 0.3) is 0 Å². The van der Waals surface area contributed by atoms with Crippen LogP contribution in [0.25, 0.3) is 11.1 Å². The van der Waals surface area contributed by atoms with Crippen LogP contribution in [0.5, 0.6) is 23.0 Å². The van der Waals surface area contributed by atoms with Crippen molar-refractivity contribution in [2.24, 2.45) is 0 Å². The van der Waals surface area contributed by atoms with Crippen LogP contribution in [0.15, 0.2) is 65.8 Å². The molecule has 0 amide bonds. The van der Waals surface area contributed by atoms with Crippen LogP contribution in [0.3, 0.4) is 0 Å². The summed E-state index contributed by atoms with van der Waals surface area (Å²) in [6, 6.07) is 15.0. The van der Waals surface area contributed by atoms with Crippen molar-refractivity contribution in [2.75, 3.05) is 66.1 Å². The van der Waals surface area contributed by atoms with Gasteiger partial charge in [0, 0.05) is 11.1 Å². The zero-order chi connectivity index (χ0) is 43.2. The maximum atomic E-state index is 11.0. The second-order valence-electron chi connectivity index (χ2n) is 16.9. The molecule has 0 spiro atoms. The van der Waals surface area contributed by atoms with Gasteiger partial charge in [-0.3, -0.25) is 0 Å². The van der Waals surface area contributed by atoms with Crippen LogP contribution in [-0.2, 0) is 43.8 Å². The van der Waals surface area contributed by atoms with Crippen molar-refractivity contribution in [1.82, 2.24) is 0 Å². The molecule has 1 aliphatic heterocycles. The average Bonchev–Trinajstić information content (AvgIpc) is 3.19. The summed E-state index contributed by atoms with van der Waals surface area (Å²) in [6.07, 6.45) is 16.0. The van der Waals surface area contributed by atoms with Crippen LogP contribution in [0.4, 0.5) is 0 Å². The smallest absolute Gasteiger partial charge is 0.132 e. The van der Waals surface area contributed by atoms with Crippen LogP contribution in [0.1, 0.15) is 128 Å². The fourth-order valence-corrected chi connectivity index (χ4v) is 7.44. The monoisotopic (exact) mass is 829 g/mol. The molecule has 0 fully saturated rings. The molecule has 60 heavy (non-hydrogen) atoms. The SMILES string of the molecule is CCCCCc1cc(O)c(C/C=C(\C)CCC=C(C)C)c(OCCOCCOCCOCCOCCOc2cc(CCCCC)cc3c2-c2cc(C)ccc2C(C)(C)O3)c1. The summed E-state index contributed by atoms with van der Waals surface area (Å²) in [5, 5.41) is 11.0. The summed E-state index contributed by atoms with van der Waals surface area (Å²) in [6.45, 7) is 21.9. The molecule has 0 aliphatic carbocycles. The number of phenolic OH excluding ortho intramolecular Hbond substituents is 1. The van der Waals surface area contributed by atoms with E-state index in [0.717, 1.165) is 78.9 Å². The standard InChI is InChI=1S/C52H76O8/c1-9-11-13-18-42-35-47(53)44(22-20-40(5)17-15-16-39(3)4)48(36-42)58-32-30-56-28-26-54-24-25-55-27-29-57-31-33-59-49-37-43(19-14-12-10-2)38-50-51(49)45-34-41(6)21-23-46(45)52(7,8)60-50/h16,20-21,23,34-38,53H,9-15,17-19,22,24-33H2,1-8H3/b40-20+. The molecule has 1 heterocycles. The molecule has 0 saturated carbocycles. The highest BCUT2D eigenvalue weighted by Gasteiger charge is 2.34. The molecule has 8 heteroatoms. The van der Waals surface area contributed by atoms with Gasteiger partial charge in [0.1, 0.15) is 41.8 Å². The van der Waals surface area contributed by atoms with Crippen LogP contribution in [0.2, 0.25) is 0 Å². The van der Waals surface area contributed by atoms with Gasteiger partial charge in [-0.1, -0.05) is 86.6 Å². The molecule has 3 aromatic rings. The van der Waals surface area contributed by atoms with Gasteiger partial charge in [-0.25, -0.2) is 0 Å². The second-order valence-corrected chi connectivity index (χ2v) is 16.9. The Morgan fingerprint density at radius 2 is 1.22 bits per heavy atom. The highest BCUT2D eigenvalue weighted by atomic mass is 16.6. The normalized spacial score (nSPS) is 13.1. The number of rotatable bonds is 30. The first kappa shape index (κ1) is 48.8. The van der Waals surface area contributed by atoms with Crippen molar-refractivity contribution in [2.45, 2.75) is 132 Å². The van der Waals surface area contributed by atoms with Crippen LogP contribution in [-0.4, -0.2) is 71.2 Å². The molecular weight excluding hydrogens is 753 g/mol. The molecule has 3 aromatic carbocycles. The summed E-state index contributed by atoms with van der Waals surface area (Å²) in [5.41, 5.74) is 10.00. The third-order valence-corrected chi connectivity index (χ3v) is 10.8. The Balaban J connectivity index is 1.11. The fraction of sp³-hybridized carbons (Fsp3) is 0.577. The quantitative estimate of drug-likeness (QED) is 0.0525. The Morgan fingerprint density at radius 1 is 0.667 bits per heavy atom. The molecule has 1 N–H and O–H groups in total. The molecular formula is C52H76O8. The Bertz CT molecular complexity index is 1790. The molecule has 0 atom stereocenters.